The van der Waals surface area contributed by atoms with Crippen LogP contribution in [0.3, 0.4) is 0 Å². The molecule has 1 aliphatic heterocycles. The van der Waals surface area contributed by atoms with E-state index in [9.17, 15) is 16.8 Å². The molecule has 29 heavy (non-hydrogen) atoms. The summed E-state index contributed by atoms with van der Waals surface area (Å²) in [5, 5.41) is 0. The monoisotopic (exact) mass is 439 g/mol. The van der Waals surface area contributed by atoms with Gasteiger partial charge in [0.25, 0.3) is 0 Å². The van der Waals surface area contributed by atoms with Crippen molar-refractivity contribution in [3.8, 4) is 0 Å². The number of benzene rings is 1. The Morgan fingerprint density at radius 1 is 0.966 bits per heavy atom. The minimum absolute atomic E-state index is 0.00537. The van der Waals surface area contributed by atoms with E-state index < -0.39 is 20.0 Å². The van der Waals surface area contributed by atoms with Crippen LogP contribution in [0.25, 0.3) is 0 Å². The zero-order valence-electron chi connectivity index (χ0n) is 16.0. The summed E-state index contributed by atoms with van der Waals surface area (Å²) >= 11 is 0. The van der Waals surface area contributed by atoms with Crippen LogP contribution in [0.1, 0.15) is 37.5 Å². The van der Waals surface area contributed by atoms with Crippen LogP contribution in [0.15, 0.2) is 56.9 Å². The smallest absolute Gasteiger partial charge is 0.240 e. The van der Waals surface area contributed by atoms with E-state index >= 15 is 0 Å². The summed E-state index contributed by atoms with van der Waals surface area (Å²) in [6.45, 7) is 1.97. The summed E-state index contributed by atoms with van der Waals surface area (Å²) in [5.41, 5.74) is 0. The van der Waals surface area contributed by atoms with Crippen LogP contribution in [-0.4, -0.2) is 47.4 Å². The minimum Gasteiger partial charge on any atom is -0.468 e. The van der Waals surface area contributed by atoms with Gasteiger partial charge in [0.1, 0.15) is 5.76 Å². The third-order valence-electron chi connectivity index (χ3n) is 5.26. The van der Waals surface area contributed by atoms with Crippen LogP contribution in [0, 0.1) is 0 Å². The zero-order chi connectivity index (χ0) is 20.5. The molecule has 4 rings (SSSR count). The Balaban J connectivity index is 1.46. The standard InChI is InChI=1S/C19H25N3O5S2/c23-28(24,16-7-9-17(10-8-16)29(25,26)21-15-5-6-15)20-14-18(19-4-3-13-27-19)22-11-1-2-12-22/h3-4,7-10,13,15,18,20-21H,1-2,5-6,11-12,14H2. The van der Waals surface area contributed by atoms with Gasteiger partial charge in [-0.3, -0.25) is 4.90 Å². The molecule has 8 nitrogen and oxygen atoms in total. The number of rotatable bonds is 9. The van der Waals surface area contributed by atoms with Gasteiger partial charge in [0, 0.05) is 12.6 Å². The molecule has 1 saturated carbocycles. The van der Waals surface area contributed by atoms with Crippen LogP contribution in [0.2, 0.25) is 0 Å². The van der Waals surface area contributed by atoms with Crippen molar-refractivity contribution in [2.75, 3.05) is 19.6 Å². The van der Waals surface area contributed by atoms with Crippen LogP contribution >= 0.6 is 0 Å². The van der Waals surface area contributed by atoms with Gasteiger partial charge in [-0.05, 0) is 75.2 Å². The number of likely N-dealkylation sites (tertiary alicyclic amines) is 1. The second-order valence-electron chi connectivity index (χ2n) is 7.49. The quantitative estimate of drug-likeness (QED) is 0.617. The first-order chi connectivity index (χ1) is 13.9. The molecule has 1 aromatic carbocycles. The van der Waals surface area contributed by atoms with Gasteiger partial charge in [-0.25, -0.2) is 26.3 Å². The molecule has 1 unspecified atom stereocenters. The second kappa shape index (κ2) is 8.19. The Morgan fingerprint density at radius 2 is 1.59 bits per heavy atom. The molecule has 0 bridgehead atoms. The van der Waals surface area contributed by atoms with Gasteiger partial charge in [0.2, 0.25) is 20.0 Å². The van der Waals surface area contributed by atoms with Crippen molar-refractivity contribution >= 4 is 20.0 Å². The molecule has 1 atom stereocenters. The van der Waals surface area contributed by atoms with Crippen LogP contribution in [-0.2, 0) is 20.0 Å². The fraction of sp³-hybridized carbons (Fsp3) is 0.474. The van der Waals surface area contributed by atoms with Crippen molar-refractivity contribution < 1.29 is 21.3 Å². The Bertz CT molecular complexity index is 1020. The highest BCUT2D eigenvalue weighted by molar-refractivity contribution is 7.90. The van der Waals surface area contributed by atoms with Crippen molar-refractivity contribution in [3.63, 3.8) is 0 Å². The predicted molar refractivity (Wildman–Crippen MR) is 107 cm³/mol. The first-order valence-corrected chi connectivity index (χ1v) is 12.7. The zero-order valence-corrected chi connectivity index (χ0v) is 17.6. The molecule has 2 heterocycles. The number of nitrogens with one attached hydrogen (secondary N) is 2. The molecule has 0 amide bonds. The number of sulfonamides is 2. The number of nitrogens with zero attached hydrogens (tertiary/aromatic N) is 1. The van der Waals surface area contributed by atoms with E-state index in [0.29, 0.717) is 0 Å². The first-order valence-electron chi connectivity index (χ1n) is 9.75. The molecule has 2 aliphatic rings. The maximum Gasteiger partial charge on any atom is 0.240 e. The Morgan fingerprint density at radius 3 is 2.14 bits per heavy atom. The summed E-state index contributed by atoms with van der Waals surface area (Å²) in [6.07, 6.45) is 5.41. The van der Waals surface area contributed by atoms with E-state index in [0.717, 1.165) is 44.5 Å². The van der Waals surface area contributed by atoms with Gasteiger partial charge in [-0.15, -0.1) is 0 Å². The summed E-state index contributed by atoms with van der Waals surface area (Å²) in [5.74, 6) is 0.724. The maximum absolute atomic E-state index is 12.7. The first kappa shape index (κ1) is 20.5. The van der Waals surface area contributed by atoms with Crippen molar-refractivity contribution in [3.05, 3.63) is 48.4 Å². The largest absolute Gasteiger partial charge is 0.468 e. The highest BCUT2D eigenvalue weighted by atomic mass is 32.2. The van der Waals surface area contributed by atoms with Crippen LogP contribution in [0.5, 0.6) is 0 Å². The highest BCUT2D eigenvalue weighted by Crippen LogP contribution is 2.26. The van der Waals surface area contributed by atoms with Crippen molar-refractivity contribution in [2.45, 2.75) is 47.6 Å². The Hall–Kier alpha value is -1.72. The van der Waals surface area contributed by atoms with Gasteiger partial charge in [0.15, 0.2) is 0 Å². The molecule has 0 radical (unpaired) electrons. The van der Waals surface area contributed by atoms with Gasteiger partial charge in [0.05, 0.1) is 22.1 Å². The number of furan rings is 1. The molecule has 158 valence electrons. The van der Waals surface area contributed by atoms with Gasteiger partial charge >= 0.3 is 0 Å². The van der Waals surface area contributed by atoms with Crippen molar-refractivity contribution in [1.29, 1.82) is 0 Å². The fourth-order valence-electron chi connectivity index (χ4n) is 3.50. The van der Waals surface area contributed by atoms with E-state index in [1.54, 1.807) is 12.3 Å². The van der Waals surface area contributed by atoms with Crippen molar-refractivity contribution in [1.82, 2.24) is 14.3 Å². The summed E-state index contributed by atoms with van der Waals surface area (Å²) in [7, 11) is -7.39. The third-order valence-corrected chi connectivity index (χ3v) is 8.24. The lowest BCUT2D eigenvalue weighted by Gasteiger charge is -2.26. The van der Waals surface area contributed by atoms with E-state index in [2.05, 4.69) is 14.3 Å². The molecule has 2 aromatic rings. The lowest BCUT2D eigenvalue weighted by atomic mass is 10.2. The summed E-state index contributed by atoms with van der Waals surface area (Å²) in [4.78, 5) is 2.30. The van der Waals surface area contributed by atoms with Crippen LogP contribution < -0.4 is 9.44 Å². The molecule has 2 fully saturated rings. The summed E-state index contributed by atoms with van der Waals surface area (Å²) in [6, 6.07) is 8.75. The van der Waals surface area contributed by atoms with E-state index in [1.807, 2.05) is 6.07 Å². The molecule has 1 saturated heterocycles. The summed E-state index contributed by atoms with van der Waals surface area (Å²) < 4.78 is 60.7. The van der Waals surface area contributed by atoms with E-state index in [1.165, 1.54) is 24.3 Å². The molecule has 1 aliphatic carbocycles. The number of hydrogen-bond donors (Lipinski definition) is 2. The van der Waals surface area contributed by atoms with E-state index in [-0.39, 0.29) is 28.4 Å². The van der Waals surface area contributed by atoms with Crippen LogP contribution in [0.4, 0.5) is 0 Å². The molecule has 2 N–H and O–H groups in total. The SMILES string of the molecule is O=S(=O)(NCC(c1ccco1)N1CCCC1)c1ccc(S(=O)(=O)NC2CC2)cc1. The molecule has 10 heteroatoms. The average Bonchev–Trinajstić information content (AvgIpc) is 3.15. The lowest BCUT2D eigenvalue weighted by molar-refractivity contribution is 0.216. The third kappa shape index (κ3) is 4.89. The van der Waals surface area contributed by atoms with E-state index in [4.69, 9.17) is 4.42 Å². The topological polar surface area (TPSA) is 109 Å². The molecule has 1 aromatic heterocycles. The highest BCUT2D eigenvalue weighted by Gasteiger charge is 2.29. The lowest BCUT2D eigenvalue weighted by Crippen LogP contribution is -2.36. The van der Waals surface area contributed by atoms with Gasteiger partial charge in [-0.1, -0.05) is 0 Å². The maximum atomic E-state index is 12.7. The molecular weight excluding hydrogens is 414 g/mol. The van der Waals surface area contributed by atoms with Crippen molar-refractivity contribution in [2.24, 2.45) is 0 Å². The van der Waals surface area contributed by atoms with Gasteiger partial charge < -0.3 is 4.42 Å². The second-order valence-corrected chi connectivity index (χ2v) is 11.0. The number of hydrogen-bond acceptors (Lipinski definition) is 6. The average molecular weight is 440 g/mol. The predicted octanol–water partition coefficient (Wildman–Crippen LogP) is 1.84. The molecular formula is C19H25N3O5S2. The Labute approximate surface area is 171 Å². The minimum atomic E-state index is -3.78. The van der Waals surface area contributed by atoms with Gasteiger partial charge in [-0.2, -0.15) is 0 Å². The molecule has 0 spiro atoms. The fourth-order valence-corrected chi connectivity index (χ4v) is 5.85. The Kier molecular flexibility index (Phi) is 5.80. The normalized spacial score (nSPS) is 19.4.